The molecule has 0 N–H and O–H groups in total. The molecule has 0 atom stereocenters. The molecule has 0 aliphatic carbocycles. The van der Waals surface area contributed by atoms with Crippen LogP contribution in [-0.2, 0) is 19.5 Å². The van der Waals surface area contributed by atoms with Crippen LogP contribution in [0.4, 0.5) is 0 Å². The van der Waals surface area contributed by atoms with Crippen molar-refractivity contribution < 1.29 is 4.57 Å². The van der Waals surface area contributed by atoms with E-state index in [-0.39, 0.29) is 0 Å². The highest BCUT2D eigenvalue weighted by Gasteiger charge is 2.16. The van der Waals surface area contributed by atoms with E-state index in [4.69, 9.17) is 0 Å². The van der Waals surface area contributed by atoms with Crippen LogP contribution in [0.3, 0.4) is 0 Å². The van der Waals surface area contributed by atoms with Crippen molar-refractivity contribution >= 4 is 0 Å². The Morgan fingerprint density at radius 3 is 0.857 bits per heavy atom. The summed E-state index contributed by atoms with van der Waals surface area (Å²) < 4.78 is 5.33. The highest BCUT2D eigenvalue weighted by Crippen LogP contribution is 2.17. The van der Waals surface area contributed by atoms with Crippen LogP contribution in [0.25, 0.3) is 0 Å². The van der Waals surface area contributed by atoms with Crippen molar-refractivity contribution in [2.75, 3.05) is 0 Å². The molecule has 0 aliphatic rings. The van der Waals surface area contributed by atoms with Crippen molar-refractivity contribution in [3.05, 3.63) is 18.2 Å². The Kier molecular flexibility index (Phi) is 43.1. The number of unbranched alkanes of at least 4 members (excludes halogenated alkanes) is 42. The second-order valence-corrected chi connectivity index (χ2v) is 18.7. The van der Waals surface area contributed by atoms with Gasteiger partial charge in [-0.25, -0.2) is 9.13 Å². The van der Waals surface area contributed by atoms with Crippen LogP contribution in [0.2, 0.25) is 0 Å². The first kappa shape index (κ1) is 53.2. The van der Waals surface area contributed by atoms with Crippen LogP contribution in [-0.4, -0.2) is 4.57 Å². The number of imidazole rings is 1. The molecule has 2 heteroatoms. The lowest BCUT2D eigenvalue weighted by molar-refractivity contribution is -0.704. The monoisotopic (exact) mass is 784 g/mol. The van der Waals surface area contributed by atoms with E-state index in [1.807, 2.05) is 0 Å². The molecule has 332 valence electrons. The summed E-state index contributed by atoms with van der Waals surface area (Å²) in [7, 11) is 0. The summed E-state index contributed by atoms with van der Waals surface area (Å²) in [6, 6.07) is 0. The Labute approximate surface area is 355 Å². The first-order valence-electron chi connectivity index (χ1n) is 26.9. The summed E-state index contributed by atoms with van der Waals surface area (Å²) in [6.45, 7) is 9.42. The molecular weight excluding hydrogens is 677 g/mol. The highest BCUT2D eigenvalue weighted by molar-refractivity contribution is 4.84. The fourth-order valence-electron chi connectivity index (χ4n) is 9.15. The largest absolute Gasteiger partial charge is 0.256 e. The Bertz CT molecular complexity index is 857. The number of rotatable bonds is 48. The van der Waals surface area contributed by atoms with Gasteiger partial charge in [-0.05, 0) is 32.1 Å². The maximum absolute atomic E-state index is 2.66. The average molecular weight is 784 g/mol. The maximum atomic E-state index is 2.66. The predicted molar refractivity (Wildman–Crippen MR) is 253 cm³/mol. The van der Waals surface area contributed by atoms with E-state index in [2.05, 4.69) is 42.3 Å². The van der Waals surface area contributed by atoms with Gasteiger partial charge >= 0.3 is 0 Å². The maximum Gasteiger partial charge on any atom is 0.256 e. The molecule has 0 aliphatic heterocycles. The van der Waals surface area contributed by atoms with Crippen molar-refractivity contribution in [2.45, 2.75) is 329 Å². The number of nitrogens with zero attached hydrogens (tertiary/aromatic N) is 2. The number of aryl methyl sites for hydroxylation is 2. The van der Waals surface area contributed by atoms with Crippen molar-refractivity contribution in [1.82, 2.24) is 4.57 Å². The van der Waals surface area contributed by atoms with Gasteiger partial charge in [0, 0.05) is 6.42 Å². The second-order valence-electron chi connectivity index (χ2n) is 18.7. The molecular formula is C54H107N2+. The van der Waals surface area contributed by atoms with E-state index in [1.165, 1.54) is 308 Å². The highest BCUT2D eigenvalue weighted by atomic mass is 15.1. The van der Waals surface area contributed by atoms with Gasteiger partial charge in [-0.3, -0.25) is 0 Å². The van der Waals surface area contributed by atoms with Gasteiger partial charge in [0.05, 0.1) is 13.1 Å². The van der Waals surface area contributed by atoms with Crippen LogP contribution in [0.1, 0.15) is 316 Å². The summed E-state index contributed by atoms with van der Waals surface area (Å²) in [5.74, 6) is 1.63. The quantitative estimate of drug-likeness (QED) is 0.0460. The molecule has 0 amide bonds. The topological polar surface area (TPSA) is 8.81 Å². The number of hydrogen-bond donors (Lipinski definition) is 0. The molecule has 56 heavy (non-hydrogen) atoms. The van der Waals surface area contributed by atoms with Crippen molar-refractivity contribution in [3.63, 3.8) is 0 Å². The minimum atomic E-state index is 1.23. The molecule has 0 fully saturated rings. The van der Waals surface area contributed by atoms with E-state index in [9.17, 15) is 0 Å². The van der Waals surface area contributed by atoms with Gasteiger partial charge in [0.2, 0.25) is 0 Å². The molecule has 0 aromatic carbocycles. The standard InChI is InChI=1S/C54H107N2/c1-4-7-10-13-16-19-22-25-28-29-31-34-37-40-43-46-49-54-55(50-47-44-41-38-35-32-27-24-21-18-15-12-9-6-3)52-53-56(54)51-48-45-42-39-36-33-30-26-23-20-17-14-11-8-5-2/h52-53H,4-51H2,1-3H3/q+1. The van der Waals surface area contributed by atoms with Gasteiger partial charge in [-0.2, -0.15) is 0 Å². The Morgan fingerprint density at radius 1 is 0.304 bits per heavy atom. The summed E-state index contributed by atoms with van der Waals surface area (Å²) in [5, 5.41) is 0. The van der Waals surface area contributed by atoms with Crippen LogP contribution in [0.15, 0.2) is 12.4 Å². The zero-order valence-corrected chi connectivity index (χ0v) is 39.5. The summed E-state index contributed by atoms with van der Waals surface area (Å²) >= 11 is 0. The zero-order chi connectivity index (χ0) is 40.1. The van der Waals surface area contributed by atoms with E-state index in [0.29, 0.717) is 0 Å². The van der Waals surface area contributed by atoms with E-state index >= 15 is 0 Å². The van der Waals surface area contributed by atoms with Gasteiger partial charge < -0.3 is 0 Å². The van der Waals surface area contributed by atoms with Gasteiger partial charge in [0.1, 0.15) is 12.4 Å². The fourth-order valence-corrected chi connectivity index (χ4v) is 9.15. The lowest BCUT2D eigenvalue weighted by atomic mass is 10.0. The lowest BCUT2D eigenvalue weighted by Gasteiger charge is -2.07. The van der Waals surface area contributed by atoms with Crippen molar-refractivity contribution in [3.8, 4) is 0 Å². The first-order chi connectivity index (χ1) is 27.8. The van der Waals surface area contributed by atoms with Crippen LogP contribution < -0.4 is 4.57 Å². The molecule has 0 saturated carbocycles. The number of hydrogen-bond acceptors (Lipinski definition) is 0. The van der Waals surface area contributed by atoms with Gasteiger partial charge in [0.25, 0.3) is 5.82 Å². The molecule has 1 aromatic rings. The summed E-state index contributed by atoms with van der Waals surface area (Å²) in [4.78, 5) is 0. The Balaban J connectivity index is 2.25. The lowest BCUT2D eigenvalue weighted by Crippen LogP contribution is -2.37. The molecule has 0 bridgehead atoms. The normalized spacial score (nSPS) is 11.7. The average Bonchev–Trinajstić information content (AvgIpc) is 3.59. The molecule has 0 spiro atoms. The van der Waals surface area contributed by atoms with Gasteiger partial charge in [-0.15, -0.1) is 0 Å². The fraction of sp³-hybridized carbons (Fsp3) is 0.944. The molecule has 0 saturated heterocycles. The second kappa shape index (κ2) is 45.3. The van der Waals surface area contributed by atoms with Crippen LogP contribution in [0, 0.1) is 0 Å². The van der Waals surface area contributed by atoms with E-state index in [0.717, 1.165) is 0 Å². The minimum Gasteiger partial charge on any atom is -0.234 e. The third kappa shape index (κ3) is 36.3. The third-order valence-corrected chi connectivity index (χ3v) is 13.1. The number of aromatic nitrogens is 2. The molecule has 0 radical (unpaired) electrons. The molecule has 0 unspecified atom stereocenters. The Morgan fingerprint density at radius 2 is 0.554 bits per heavy atom. The minimum absolute atomic E-state index is 1.23. The molecule has 1 heterocycles. The SMILES string of the molecule is CCCCCCCCCCCCCCCCCCc1n(CCCCCCCCCCCCCCCC)cc[n+]1CCCCCCCCCCCCCCCCC. The summed E-state index contributed by atoms with van der Waals surface area (Å²) in [6.07, 6.45) is 71.3. The first-order valence-corrected chi connectivity index (χ1v) is 26.9. The molecule has 1 aromatic heterocycles. The van der Waals surface area contributed by atoms with Gasteiger partial charge in [-0.1, -0.05) is 278 Å². The zero-order valence-electron chi connectivity index (χ0n) is 39.5. The van der Waals surface area contributed by atoms with Crippen molar-refractivity contribution in [1.29, 1.82) is 0 Å². The van der Waals surface area contributed by atoms with E-state index < -0.39 is 0 Å². The van der Waals surface area contributed by atoms with Crippen LogP contribution >= 0.6 is 0 Å². The summed E-state index contributed by atoms with van der Waals surface area (Å²) in [5.41, 5.74) is 0. The third-order valence-electron chi connectivity index (χ3n) is 13.1. The Hall–Kier alpha value is -0.790. The van der Waals surface area contributed by atoms with E-state index in [1.54, 1.807) is 5.82 Å². The van der Waals surface area contributed by atoms with Gasteiger partial charge in [0.15, 0.2) is 0 Å². The van der Waals surface area contributed by atoms with Crippen LogP contribution in [0.5, 0.6) is 0 Å². The predicted octanol–water partition coefficient (Wildman–Crippen LogP) is 18.9. The van der Waals surface area contributed by atoms with Crippen molar-refractivity contribution in [2.24, 2.45) is 0 Å². The molecule has 2 nitrogen and oxygen atoms in total. The molecule has 1 rings (SSSR count). The smallest absolute Gasteiger partial charge is 0.234 e.